The first kappa shape index (κ1) is 24.4. The zero-order valence-electron chi connectivity index (χ0n) is 21.3. The smallest absolute Gasteiger partial charge is 0.120 e. The van der Waals surface area contributed by atoms with Crippen LogP contribution in [0.3, 0.4) is 0 Å². The molecule has 2 aliphatic rings. The van der Waals surface area contributed by atoms with Gasteiger partial charge in [-0.1, -0.05) is 53.3 Å². The topological polar surface area (TPSA) is 43.5 Å². The fraction of sp³-hybridized carbons (Fsp3) is 0.571. The van der Waals surface area contributed by atoms with Crippen molar-refractivity contribution in [3.05, 3.63) is 46.5 Å². The molecule has 0 spiro atoms. The first-order valence-electron chi connectivity index (χ1n) is 11.9. The van der Waals surface area contributed by atoms with Crippen molar-refractivity contribution in [3.63, 3.8) is 0 Å². The molecule has 0 aromatic heterocycles. The monoisotopic (exact) mass is 470 g/mol. The molecule has 2 atom stereocenters. The van der Waals surface area contributed by atoms with E-state index in [9.17, 15) is 0 Å². The minimum Gasteiger partial charge on any atom is -0.491 e. The predicted molar refractivity (Wildman–Crippen MR) is 134 cm³/mol. The summed E-state index contributed by atoms with van der Waals surface area (Å²) in [5, 5.41) is 0. The molecule has 2 aliphatic heterocycles. The molecule has 0 amide bonds. The van der Waals surface area contributed by atoms with E-state index in [0.717, 1.165) is 24.7 Å². The van der Waals surface area contributed by atoms with Crippen LogP contribution in [-0.4, -0.2) is 38.6 Å². The lowest BCUT2D eigenvalue weighted by Gasteiger charge is -2.29. The van der Waals surface area contributed by atoms with Gasteiger partial charge in [-0.05, 0) is 71.2 Å². The third-order valence-electron chi connectivity index (χ3n) is 5.99. The Balaban J connectivity index is 1.70. The van der Waals surface area contributed by atoms with E-state index in [-0.39, 0.29) is 23.0 Å². The summed E-state index contributed by atoms with van der Waals surface area (Å²) in [7, 11) is 0. The quantitative estimate of drug-likeness (QED) is 0.406. The van der Waals surface area contributed by atoms with Gasteiger partial charge in [0.15, 0.2) is 0 Å². The van der Waals surface area contributed by atoms with Crippen LogP contribution >= 0.6 is 11.8 Å². The van der Waals surface area contributed by atoms with Crippen LogP contribution in [0, 0.1) is 13.8 Å². The van der Waals surface area contributed by atoms with Crippen LogP contribution in [0.2, 0.25) is 0 Å². The van der Waals surface area contributed by atoms with Gasteiger partial charge in [-0.2, -0.15) is 0 Å². The van der Waals surface area contributed by atoms with Crippen LogP contribution in [0.25, 0.3) is 0 Å². The van der Waals surface area contributed by atoms with Gasteiger partial charge < -0.3 is 18.9 Å². The maximum absolute atomic E-state index is 6.06. The Morgan fingerprint density at radius 2 is 1.09 bits per heavy atom. The third-order valence-corrected chi connectivity index (χ3v) is 7.48. The number of rotatable bonds is 8. The highest BCUT2D eigenvalue weighted by Crippen LogP contribution is 2.46. The van der Waals surface area contributed by atoms with Gasteiger partial charge in [0.1, 0.15) is 36.9 Å². The van der Waals surface area contributed by atoms with Crippen molar-refractivity contribution in [1.29, 1.82) is 0 Å². The lowest BCUT2D eigenvalue weighted by Crippen LogP contribution is -2.16. The Hall–Kier alpha value is -1.69. The van der Waals surface area contributed by atoms with Crippen LogP contribution in [-0.2, 0) is 20.3 Å². The van der Waals surface area contributed by atoms with Crippen molar-refractivity contribution in [2.45, 2.75) is 88.2 Å². The highest BCUT2D eigenvalue weighted by atomic mass is 32.2. The average molecular weight is 471 g/mol. The molecule has 2 aromatic rings. The van der Waals surface area contributed by atoms with Crippen molar-refractivity contribution in [2.75, 3.05) is 26.4 Å². The van der Waals surface area contributed by atoms with Gasteiger partial charge >= 0.3 is 0 Å². The van der Waals surface area contributed by atoms with Crippen LogP contribution < -0.4 is 9.47 Å². The molecule has 0 saturated carbocycles. The Bertz CT molecular complexity index is 927. The standard InChI is InChI=1S/C28H38O4S/c1-17-9-19(29-13-21-15-31-21)11-23(27(3,4)5)25(17)33-26-18(2)10-20(30-14-22-16-32-22)12-24(26)28(6,7)8/h9-12,21-22H,13-16H2,1-8H3. The van der Waals surface area contributed by atoms with E-state index in [4.69, 9.17) is 18.9 Å². The summed E-state index contributed by atoms with van der Waals surface area (Å²) in [6.07, 6.45) is 0.503. The molecule has 180 valence electrons. The maximum Gasteiger partial charge on any atom is 0.120 e. The summed E-state index contributed by atoms with van der Waals surface area (Å²) in [5.41, 5.74) is 5.08. The average Bonchev–Trinajstić information content (AvgIpc) is 3.60. The summed E-state index contributed by atoms with van der Waals surface area (Å²) < 4.78 is 22.8. The molecule has 2 saturated heterocycles. The third kappa shape index (κ3) is 6.26. The molecule has 5 heteroatoms. The van der Waals surface area contributed by atoms with Crippen molar-refractivity contribution in [1.82, 2.24) is 0 Å². The fourth-order valence-electron chi connectivity index (χ4n) is 3.84. The minimum absolute atomic E-state index is 0.00827. The van der Waals surface area contributed by atoms with Crippen molar-refractivity contribution >= 4 is 11.8 Å². The molecular weight excluding hydrogens is 432 g/mol. The summed E-state index contributed by atoms with van der Waals surface area (Å²) in [6.45, 7) is 20.9. The van der Waals surface area contributed by atoms with E-state index in [2.05, 4.69) is 79.7 Å². The Kier molecular flexibility index (Phi) is 6.78. The number of hydrogen-bond acceptors (Lipinski definition) is 5. The van der Waals surface area contributed by atoms with E-state index in [1.807, 2.05) is 11.8 Å². The molecule has 0 N–H and O–H groups in total. The molecule has 0 aliphatic carbocycles. The zero-order valence-corrected chi connectivity index (χ0v) is 22.2. The van der Waals surface area contributed by atoms with Crippen LogP contribution in [0.5, 0.6) is 11.5 Å². The second-order valence-corrected chi connectivity index (χ2v) is 12.4. The number of ether oxygens (including phenoxy) is 4. The molecule has 0 bridgehead atoms. The molecule has 2 unspecified atom stereocenters. The van der Waals surface area contributed by atoms with E-state index >= 15 is 0 Å². The molecular formula is C28H38O4S. The van der Waals surface area contributed by atoms with Gasteiger partial charge in [-0.15, -0.1) is 0 Å². The Labute approximate surface area is 203 Å². The second-order valence-electron chi connectivity index (χ2n) is 11.4. The largest absolute Gasteiger partial charge is 0.491 e. The number of aryl methyl sites for hydroxylation is 2. The van der Waals surface area contributed by atoms with Crippen molar-refractivity contribution in [2.24, 2.45) is 0 Å². The lowest BCUT2D eigenvalue weighted by atomic mass is 9.85. The number of benzene rings is 2. The van der Waals surface area contributed by atoms with Gasteiger partial charge in [-0.25, -0.2) is 0 Å². The van der Waals surface area contributed by atoms with Crippen LogP contribution in [0.1, 0.15) is 63.8 Å². The molecule has 2 heterocycles. The van der Waals surface area contributed by atoms with E-state index in [1.165, 1.54) is 32.0 Å². The van der Waals surface area contributed by atoms with Crippen molar-refractivity contribution < 1.29 is 18.9 Å². The SMILES string of the molecule is Cc1cc(OCC2CO2)cc(C(C)(C)C)c1Sc1c(C)cc(OCC2CO2)cc1C(C)(C)C. The molecule has 2 fully saturated rings. The van der Waals surface area contributed by atoms with Gasteiger partial charge in [0, 0.05) is 9.79 Å². The van der Waals surface area contributed by atoms with E-state index in [0.29, 0.717) is 13.2 Å². The number of epoxide rings is 2. The molecule has 0 radical (unpaired) electrons. The highest BCUT2D eigenvalue weighted by Gasteiger charge is 2.28. The summed E-state index contributed by atoms with van der Waals surface area (Å²) in [4.78, 5) is 2.62. The maximum atomic E-state index is 6.06. The van der Waals surface area contributed by atoms with Crippen LogP contribution in [0.4, 0.5) is 0 Å². The first-order valence-corrected chi connectivity index (χ1v) is 12.7. The second kappa shape index (κ2) is 9.16. The van der Waals surface area contributed by atoms with Gasteiger partial charge in [-0.3, -0.25) is 0 Å². The Morgan fingerprint density at radius 1 is 0.727 bits per heavy atom. The molecule has 33 heavy (non-hydrogen) atoms. The number of hydrogen-bond donors (Lipinski definition) is 0. The molecule has 4 rings (SSSR count). The van der Waals surface area contributed by atoms with Gasteiger partial charge in [0.05, 0.1) is 13.2 Å². The molecule has 4 nitrogen and oxygen atoms in total. The predicted octanol–water partition coefficient (Wildman–Crippen LogP) is 6.60. The molecule has 2 aromatic carbocycles. The lowest BCUT2D eigenvalue weighted by molar-refractivity contribution is 0.262. The van der Waals surface area contributed by atoms with Crippen molar-refractivity contribution in [3.8, 4) is 11.5 Å². The normalized spacial score (nSPS) is 20.0. The minimum atomic E-state index is -0.00827. The summed E-state index contributed by atoms with van der Waals surface area (Å²) >= 11 is 1.88. The zero-order chi connectivity index (χ0) is 24.0. The summed E-state index contributed by atoms with van der Waals surface area (Å²) in [6, 6.07) is 8.77. The summed E-state index contributed by atoms with van der Waals surface area (Å²) in [5.74, 6) is 1.85. The van der Waals surface area contributed by atoms with E-state index in [1.54, 1.807) is 0 Å². The van der Waals surface area contributed by atoms with Crippen LogP contribution in [0.15, 0.2) is 34.1 Å². The highest BCUT2D eigenvalue weighted by molar-refractivity contribution is 7.99. The van der Waals surface area contributed by atoms with Gasteiger partial charge in [0.25, 0.3) is 0 Å². The first-order chi connectivity index (χ1) is 15.4. The van der Waals surface area contributed by atoms with E-state index < -0.39 is 0 Å². The Morgan fingerprint density at radius 3 is 1.39 bits per heavy atom. The fourth-order valence-corrected chi connectivity index (χ4v) is 5.44. The van der Waals surface area contributed by atoms with Gasteiger partial charge in [0.2, 0.25) is 0 Å².